The predicted octanol–water partition coefficient (Wildman–Crippen LogP) is 4.28. The topological polar surface area (TPSA) is 35.5 Å². The van der Waals surface area contributed by atoms with E-state index in [9.17, 15) is 4.79 Å². The van der Waals surface area contributed by atoms with Gasteiger partial charge >= 0.3 is 5.97 Å². The number of hydrogen-bond acceptors (Lipinski definition) is 3. The third-order valence-electron chi connectivity index (χ3n) is 4.56. The molecule has 3 aromatic rings. The average Bonchev–Trinajstić information content (AvgIpc) is 2.85. The van der Waals surface area contributed by atoms with Crippen molar-refractivity contribution in [2.24, 2.45) is 0 Å². The highest BCUT2D eigenvalue weighted by Gasteiger charge is 2.44. The van der Waals surface area contributed by atoms with Crippen molar-refractivity contribution >= 4 is 16.7 Å². The lowest BCUT2D eigenvalue weighted by molar-refractivity contribution is 0.0185. The Kier molecular flexibility index (Phi) is 2.91. The first-order chi connectivity index (χ1) is 11.1. The summed E-state index contributed by atoms with van der Waals surface area (Å²) in [4.78, 5) is 12.3. The fourth-order valence-electron chi connectivity index (χ4n) is 3.36. The molecule has 4 rings (SSSR count). The lowest BCUT2D eigenvalue weighted by atomic mass is 9.84. The molecule has 0 saturated heterocycles. The minimum absolute atomic E-state index is 0.293. The lowest BCUT2D eigenvalue weighted by Gasteiger charge is -2.26. The number of ether oxygens (including phenoxy) is 2. The first kappa shape index (κ1) is 13.8. The van der Waals surface area contributed by atoms with E-state index >= 15 is 0 Å². The smallest absolute Gasteiger partial charge is 0.339 e. The van der Waals surface area contributed by atoms with E-state index in [0.717, 1.165) is 21.9 Å². The monoisotopic (exact) mass is 304 g/mol. The molecule has 0 aromatic heterocycles. The van der Waals surface area contributed by atoms with E-state index in [1.54, 1.807) is 19.2 Å². The van der Waals surface area contributed by atoms with Gasteiger partial charge in [0, 0.05) is 11.1 Å². The summed E-state index contributed by atoms with van der Waals surface area (Å²) in [5.41, 5.74) is 1.61. The third-order valence-corrected chi connectivity index (χ3v) is 4.56. The number of carbonyl (C=O) groups is 1. The van der Waals surface area contributed by atoms with Crippen molar-refractivity contribution in [2.75, 3.05) is 7.11 Å². The predicted molar refractivity (Wildman–Crippen MR) is 88.8 cm³/mol. The first-order valence-electron chi connectivity index (χ1n) is 7.53. The second kappa shape index (κ2) is 4.85. The minimum Gasteiger partial charge on any atom is -0.497 e. The van der Waals surface area contributed by atoms with Gasteiger partial charge in [-0.15, -0.1) is 0 Å². The van der Waals surface area contributed by atoms with Gasteiger partial charge in [-0.05, 0) is 35.9 Å². The van der Waals surface area contributed by atoms with Crippen LogP contribution in [0, 0.1) is 0 Å². The van der Waals surface area contributed by atoms with Crippen LogP contribution in [0.1, 0.15) is 28.4 Å². The first-order valence-corrected chi connectivity index (χ1v) is 7.53. The van der Waals surface area contributed by atoms with Crippen molar-refractivity contribution in [1.82, 2.24) is 0 Å². The molecular formula is C20H16O3. The number of fused-ring (bicyclic) bond motifs is 2. The molecule has 0 saturated carbocycles. The Morgan fingerprint density at radius 3 is 2.57 bits per heavy atom. The Morgan fingerprint density at radius 1 is 0.957 bits per heavy atom. The Balaban J connectivity index is 2.01. The van der Waals surface area contributed by atoms with E-state index in [1.165, 1.54) is 0 Å². The van der Waals surface area contributed by atoms with Crippen LogP contribution in [0.3, 0.4) is 0 Å². The molecule has 3 heteroatoms. The van der Waals surface area contributed by atoms with Crippen molar-refractivity contribution in [3.8, 4) is 5.75 Å². The average molecular weight is 304 g/mol. The molecule has 0 fully saturated rings. The van der Waals surface area contributed by atoms with Gasteiger partial charge in [0.1, 0.15) is 5.75 Å². The lowest BCUT2D eigenvalue weighted by Crippen LogP contribution is -2.23. The van der Waals surface area contributed by atoms with Crippen LogP contribution in [-0.2, 0) is 10.3 Å². The molecular weight excluding hydrogens is 288 g/mol. The minimum atomic E-state index is -0.818. The summed E-state index contributed by atoms with van der Waals surface area (Å²) in [7, 11) is 1.62. The van der Waals surface area contributed by atoms with E-state index in [4.69, 9.17) is 9.47 Å². The largest absolute Gasteiger partial charge is 0.497 e. The molecule has 1 atom stereocenters. The van der Waals surface area contributed by atoms with Gasteiger partial charge in [-0.25, -0.2) is 4.79 Å². The SMILES string of the molecule is COc1ccc2c(c1)C(C)(c1cccc3ccccc13)OC2=O. The molecule has 114 valence electrons. The van der Waals surface area contributed by atoms with Crippen LogP contribution < -0.4 is 4.74 Å². The zero-order valence-corrected chi connectivity index (χ0v) is 13.0. The maximum Gasteiger partial charge on any atom is 0.339 e. The van der Waals surface area contributed by atoms with Crippen molar-refractivity contribution < 1.29 is 14.3 Å². The fraction of sp³-hybridized carbons (Fsp3) is 0.150. The molecule has 3 aromatic carbocycles. The van der Waals surface area contributed by atoms with Gasteiger partial charge in [-0.2, -0.15) is 0 Å². The highest BCUT2D eigenvalue weighted by molar-refractivity contribution is 5.97. The summed E-state index contributed by atoms with van der Waals surface area (Å²) in [6, 6.07) is 19.6. The van der Waals surface area contributed by atoms with Crippen LogP contribution in [0.15, 0.2) is 60.7 Å². The summed E-state index contributed by atoms with van der Waals surface area (Å²) in [6.45, 7) is 1.94. The molecule has 0 bridgehead atoms. The van der Waals surface area contributed by atoms with Gasteiger partial charge < -0.3 is 9.47 Å². The maximum absolute atomic E-state index is 12.3. The number of rotatable bonds is 2. The van der Waals surface area contributed by atoms with Crippen molar-refractivity contribution in [2.45, 2.75) is 12.5 Å². The Hall–Kier alpha value is -2.81. The third kappa shape index (κ3) is 1.93. The molecule has 1 unspecified atom stereocenters. The van der Waals surface area contributed by atoms with Gasteiger partial charge in [0.15, 0.2) is 5.60 Å². The van der Waals surface area contributed by atoms with Gasteiger partial charge in [0.05, 0.1) is 12.7 Å². The van der Waals surface area contributed by atoms with E-state index in [1.807, 2.05) is 37.3 Å². The van der Waals surface area contributed by atoms with E-state index < -0.39 is 5.60 Å². The Morgan fingerprint density at radius 2 is 1.74 bits per heavy atom. The van der Waals surface area contributed by atoms with Crippen LogP contribution in [0.25, 0.3) is 10.8 Å². The molecule has 0 amide bonds. The van der Waals surface area contributed by atoms with E-state index in [0.29, 0.717) is 11.3 Å². The molecule has 0 spiro atoms. The van der Waals surface area contributed by atoms with E-state index in [2.05, 4.69) is 18.2 Å². The van der Waals surface area contributed by atoms with Crippen molar-refractivity contribution in [3.63, 3.8) is 0 Å². The van der Waals surface area contributed by atoms with Gasteiger partial charge in [-0.3, -0.25) is 0 Å². The number of methoxy groups -OCH3 is 1. The summed E-state index contributed by atoms with van der Waals surface area (Å²) in [5, 5.41) is 2.21. The molecule has 1 aliphatic rings. The normalized spacial score (nSPS) is 19.5. The highest BCUT2D eigenvalue weighted by atomic mass is 16.6. The van der Waals surface area contributed by atoms with Crippen LogP contribution in [0.5, 0.6) is 5.75 Å². The molecule has 0 N–H and O–H groups in total. The van der Waals surface area contributed by atoms with Gasteiger partial charge in [0.25, 0.3) is 0 Å². The van der Waals surface area contributed by atoms with E-state index in [-0.39, 0.29) is 5.97 Å². The van der Waals surface area contributed by atoms with Gasteiger partial charge in [-0.1, -0.05) is 42.5 Å². The summed E-state index contributed by atoms with van der Waals surface area (Å²) in [6.07, 6.45) is 0. The Bertz CT molecular complexity index is 924. The zero-order valence-electron chi connectivity index (χ0n) is 13.0. The van der Waals surface area contributed by atoms with Crippen molar-refractivity contribution in [3.05, 3.63) is 77.4 Å². The second-order valence-corrected chi connectivity index (χ2v) is 5.86. The quantitative estimate of drug-likeness (QED) is 0.663. The van der Waals surface area contributed by atoms with Crippen LogP contribution in [0.4, 0.5) is 0 Å². The summed E-state index contributed by atoms with van der Waals surface area (Å²) >= 11 is 0. The molecule has 1 aliphatic heterocycles. The molecule has 0 radical (unpaired) electrons. The second-order valence-electron chi connectivity index (χ2n) is 5.86. The Labute approximate surface area is 134 Å². The number of cyclic esters (lactones) is 1. The standard InChI is InChI=1S/C20H16O3/c1-20(17-9-5-7-13-6-3-4-8-15(13)17)18-12-14(22-2)10-11-16(18)19(21)23-20/h3-12H,1-2H3. The molecule has 0 aliphatic carbocycles. The molecule has 1 heterocycles. The van der Waals surface area contributed by atoms with Crippen LogP contribution in [-0.4, -0.2) is 13.1 Å². The molecule has 23 heavy (non-hydrogen) atoms. The zero-order chi connectivity index (χ0) is 16.0. The van der Waals surface area contributed by atoms with Gasteiger partial charge in [0.2, 0.25) is 0 Å². The number of hydrogen-bond donors (Lipinski definition) is 0. The highest BCUT2D eigenvalue weighted by Crippen LogP contribution is 2.45. The summed E-state index contributed by atoms with van der Waals surface area (Å²) in [5.74, 6) is 0.423. The number of benzene rings is 3. The summed E-state index contributed by atoms with van der Waals surface area (Å²) < 4.78 is 11.1. The molecule has 3 nitrogen and oxygen atoms in total. The maximum atomic E-state index is 12.3. The van der Waals surface area contributed by atoms with Crippen LogP contribution >= 0.6 is 0 Å². The number of esters is 1. The number of carbonyl (C=O) groups excluding carboxylic acids is 1. The fourth-order valence-corrected chi connectivity index (χ4v) is 3.36. The van der Waals surface area contributed by atoms with Crippen LogP contribution in [0.2, 0.25) is 0 Å². The van der Waals surface area contributed by atoms with Crippen molar-refractivity contribution in [1.29, 1.82) is 0 Å².